The minimum absolute atomic E-state index is 0.185. The Morgan fingerprint density at radius 3 is 2.32 bits per heavy atom. The number of hydrogen-bond acceptors (Lipinski definition) is 7. The van der Waals surface area contributed by atoms with Gasteiger partial charge in [-0.25, -0.2) is 9.97 Å². The van der Waals surface area contributed by atoms with E-state index in [4.69, 9.17) is 16.3 Å². The van der Waals surface area contributed by atoms with Gasteiger partial charge in [-0.2, -0.15) is 0 Å². The van der Waals surface area contributed by atoms with E-state index in [-0.39, 0.29) is 5.91 Å². The zero-order valence-electron chi connectivity index (χ0n) is 22.1. The zero-order chi connectivity index (χ0) is 26.5. The van der Waals surface area contributed by atoms with Gasteiger partial charge in [0.15, 0.2) is 0 Å². The Hall–Kier alpha value is -3.36. The standard InChI is InChI=1S/C28H35ClN6O2/c1-18-16-35(17-19(2)34(18)4)24-10-8-23(9-11-24)33-28-31-14-20(15-32-28)6-7-21-12-22(27(36)30-3)13-25(37-5)26(21)29/h8-15,18-19H,6-7,16-17H2,1-5H3,(H,30,36)(H,31,32,33)/t18-,19+. The molecule has 2 heterocycles. The fraction of sp³-hybridized carbons (Fsp3) is 0.393. The summed E-state index contributed by atoms with van der Waals surface area (Å²) in [5.74, 6) is 0.839. The van der Waals surface area contributed by atoms with Gasteiger partial charge in [0.05, 0.1) is 12.1 Å². The highest BCUT2D eigenvalue weighted by atomic mass is 35.5. The van der Waals surface area contributed by atoms with Gasteiger partial charge in [-0.15, -0.1) is 0 Å². The van der Waals surface area contributed by atoms with E-state index >= 15 is 0 Å². The SMILES string of the molecule is CNC(=O)c1cc(CCc2cnc(Nc3ccc(N4C[C@@H](C)N(C)[C@@H](C)C4)cc3)nc2)c(Cl)c(OC)c1. The maximum absolute atomic E-state index is 12.1. The lowest BCUT2D eigenvalue weighted by molar-refractivity contribution is 0.0962. The van der Waals surface area contributed by atoms with Gasteiger partial charge in [0.1, 0.15) is 5.75 Å². The third-order valence-electron chi connectivity index (χ3n) is 7.06. The fourth-order valence-electron chi connectivity index (χ4n) is 4.59. The molecule has 4 rings (SSSR count). The molecule has 2 atom stereocenters. The summed E-state index contributed by atoms with van der Waals surface area (Å²) in [7, 11) is 5.33. The van der Waals surface area contributed by atoms with Crippen molar-refractivity contribution >= 4 is 34.8 Å². The number of hydrogen-bond donors (Lipinski definition) is 2. The topological polar surface area (TPSA) is 82.6 Å². The van der Waals surface area contributed by atoms with Gasteiger partial charge in [0, 0.05) is 61.6 Å². The number of nitrogens with one attached hydrogen (secondary N) is 2. The maximum atomic E-state index is 12.1. The van der Waals surface area contributed by atoms with Crippen molar-refractivity contribution in [3.63, 3.8) is 0 Å². The van der Waals surface area contributed by atoms with Gasteiger partial charge in [0.2, 0.25) is 5.95 Å². The van der Waals surface area contributed by atoms with Crippen LogP contribution >= 0.6 is 11.6 Å². The number of piperazine rings is 1. The van der Waals surface area contributed by atoms with E-state index in [1.165, 1.54) is 5.69 Å². The Bertz CT molecular complexity index is 1210. The molecule has 37 heavy (non-hydrogen) atoms. The quantitative estimate of drug-likeness (QED) is 0.449. The van der Waals surface area contributed by atoms with E-state index in [0.717, 1.165) is 29.9 Å². The molecule has 3 aromatic rings. The van der Waals surface area contributed by atoms with Crippen molar-refractivity contribution < 1.29 is 9.53 Å². The molecule has 196 valence electrons. The van der Waals surface area contributed by atoms with Crippen LogP contribution < -0.4 is 20.3 Å². The Morgan fingerprint density at radius 2 is 1.73 bits per heavy atom. The lowest BCUT2D eigenvalue weighted by Crippen LogP contribution is -2.55. The molecule has 2 aromatic carbocycles. The average molecular weight is 523 g/mol. The number of amides is 1. The van der Waals surface area contributed by atoms with E-state index in [9.17, 15) is 4.79 Å². The second-order valence-corrected chi connectivity index (χ2v) is 9.96. The summed E-state index contributed by atoms with van der Waals surface area (Å²) in [5.41, 5.74) is 4.49. The number of anilines is 3. The number of aryl methyl sites for hydroxylation is 2. The number of methoxy groups -OCH3 is 1. The Kier molecular flexibility index (Phi) is 8.51. The predicted molar refractivity (Wildman–Crippen MR) is 149 cm³/mol. The van der Waals surface area contributed by atoms with Crippen molar-refractivity contribution in [3.8, 4) is 5.75 Å². The second kappa shape index (κ2) is 11.8. The first-order valence-corrected chi connectivity index (χ1v) is 12.9. The molecule has 0 unspecified atom stereocenters. The Labute approximate surface area is 224 Å². The molecule has 1 amide bonds. The highest BCUT2D eigenvalue weighted by molar-refractivity contribution is 6.33. The van der Waals surface area contributed by atoms with Crippen LogP contribution in [0.3, 0.4) is 0 Å². The van der Waals surface area contributed by atoms with Gasteiger partial charge >= 0.3 is 0 Å². The predicted octanol–water partition coefficient (Wildman–Crippen LogP) is 4.56. The molecule has 1 saturated heterocycles. The molecule has 0 bridgehead atoms. The van der Waals surface area contributed by atoms with Crippen LogP contribution in [0.4, 0.5) is 17.3 Å². The number of carbonyl (C=O) groups excluding carboxylic acids is 1. The average Bonchev–Trinajstić information content (AvgIpc) is 2.91. The number of likely N-dealkylation sites (N-methyl/N-ethyl adjacent to an activating group) is 1. The summed E-state index contributed by atoms with van der Waals surface area (Å²) in [6.45, 7) is 6.58. The summed E-state index contributed by atoms with van der Waals surface area (Å²) in [6.07, 6.45) is 4.92. The molecular formula is C28H35ClN6O2. The third kappa shape index (κ3) is 6.32. The summed E-state index contributed by atoms with van der Waals surface area (Å²) in [6, 6.07) is 12.9. The van der Waals surface area contributed by atoms with Crippen molar-refractivity contribution in [3.05, 3.63) is 70.5 Å². The summed E-state index contributed by atoms with van der Waals surface area (Å²) in [4.78, 5) is 25.9. The van der Waals surface area contributed by atoms with E-state index in [1.807, 2.05) is 12.4 Å². The lowest BCUT2D eigenvalue weighted by atomic mass is 10.0. The van der Waals surface area contributed by atoms with Gasteiger partial charge < -0.3 is 20.3 Å². The summed E-state index contributed by atoms with van der Waals surface area (Å²) >= 11 is 6.49. The van der Waals surface area contributed by atoms with E-state index in [1.54, 1.807) is 26.3 Å². The number of aromatic nitrogens is 2. The van der Waals surface area contributed by atoms with Crippen molar-refractivity contribution in [1.82, 2.24) is 20.2 Å². The number of rotatable bonds is 8. The van der Waals surface area contributed by atoms with Crippen molar-refractivity contribution in [1.29, 1.82) is 0 Å². The molecule has 9 heteroatoms. The van der Waals surface area contributed by atoms with E-state index in [0.29, 0.717) is 47.2 Å². The van der Waals surface area contributed by atoms with Gasteiger partial charge in [-0.05, 0) is 81.3 Å². The van der Waals surface area contributed by atoms with Gasteiger partial charge in [-0.3, -0.25) is 9.69 Å². The number of halogens is 1. The van der Waals surface area contributed by atoms with Gasteiger partial charge in [-0.1, -0.05) is 11.6 Å². The summed E-state index contributed by atoms with van der Waals surface area (Å²) < 4.78 is 5.35. The molecule has 2 N–H and O–H groups in total. The minimum Gasteiger partial charge on any atom is -0.495 e. The molecule has 0 aliphatic carbocycles. The number of benzene rings is 2. The lowest BCUT2D eigenvalue weighted by Gasteiger charge is -2.43. The second-order valence-electron chi connectivity index (χ2n) is 9.59. The van der Waals surface area contributed by atoms with Crippen molar-refractivity contribution in [2.45, 2.75) is 38.8 Å². The Balaban J connectivity index is 1.37. The van der Waals surface area contributed by atoms with Crippen LogP contribution in [0.2, 0.25) is 5.02 Å². The summed E-state index contributed by atoms with van der Waals surface area (Å²) in [5, 5.41) is 6.43. The molecule has 0 spiro atoms. The van der Waals surface area contributed by atoms with Crippen LogP contribution in [0.15, 0.2) is 48.8 Å². The van der Waals surface area contributed by atoms with Crippen LogP contribution in [-0.2, 0) is 12.8 Å². The normalized spacial score (nSPS) is 17.9. The highest BCUT2D eigenvalue weighted by Crippen LogP contribution is 2.31. The van der Waals surface area contributed by atoms with Gasteiger partial charge in [0.25, 0.3) is 5.91 Å². The molecular weight excluding hydrogens is 488 g/mol. The fourth-order valence-corrected chi connectivity index (χ4v) is 4.87. The molecule has 1 aliphatic heterocycles. The van der Waals surface area contributed by atoms with Crippen LogP contribution in [0.25, 0.3) is 0 Å². The molecule has 1 fully saturated rings. The van der Waals surface area contributed by atoms with Crippen LogP contribution in [0.1, 0.15) is 35.3 Å². The third-order valence-corrected chi connectivity index (χ3v) is 7.49. The largest absolute Gasteiger partial charge is 0.495 e. The van der Waals surface area contributed by atoms with Crippen LogP contribution in [-0.4, -0.2) is 67.2 Å². The first kappa shape index (κ1) is 26.7. The first-order chi connectivity index (χ1) is 17.8. The molecule has 0 saturated carbocycles. The maximum Gasteiger partial charge on any atom is 0.251 e. The minimum atomic E-state index is -0.185. The Morgan fingerprint density at radius 1 is 1.08 bits per heavy atom. The van der Waals surface area contributed by atoms with Crippen molar-refractivity contribution in [2.24, 2.45) is 0 Å². The van der Waals surface area contributed by atoms with E-state index in [2.05, 4.69) is 75.6 Å². The molecule has 1 aliphatic rings. The number of ether oxygens (including phenoxy) is 1. The smallest absolute Gasteiger partial charge is 0.251 e. The number of nitrogens with zero attached hydrogens (tertiary/aromatic N) is 4. The molecule has 0 radical (unpaired) electrons. The first-order valence-electron chi connectivity index (χ1n) is 12.5. The van der Waals surface area contributed by atoms with Crippen LogP contribution in [0, 0.1) is 0 Å². The highest BCUT2D eigenvalue weighted by Gasteiger charge is 2.26. The molecule has 8 nitrogen and oxygen atoms in total. The molecule has 1 aromatic heterocycles. The van der Waals surface area contributed by atoms with E-state index < -0.39 is 0 Å². The zero-order valence-corrected chi connectivity index (χ0v) is 22.8. The number of carbonyl (C=O) groups is 1. The van der Waals surface area contributed by atoms with Crippen LogP contribution in [0.5, 0.6) is 5.75 Å². The van der Waals surface area contributed by atoms with Crippen molar-refractivity contribution in [2.75, 3.05) is 44.5 Å². The monoisotopic (exact) mass is 522 g/mol.